The zero-order valence-corrected chi connectivity index (χ0v) is 9.29. The number of methoxy groups -OCH3 is 1. The van der Waals surface area contributed by atoms with Crippen molar-refractivity contribution in [2.24, 2.45) is 0 Å². The molecule has 82 valence electrons. The van der Waals surface area contributed by atoms with E-state index in [0.29, 0.717) is 5.88 Å². The molecule has 0 unspecified atom stereocenters. The van der Waals surface area contributed by atoms with Gasteiger partial charge in [-0.1, -0.05) is 6.92 Å². The molecule has 1 aromatic rings. The van der Waals surface area contributed by atoms with Crippen molar-refractivity contribution in [1.29, 1.82) is 0 Å². The van der Waals surface area contributed by atoms with Crippen LogP contribution in [0.5, 0.6) is 5.88 Å². The summed E-state index contributed by atoms with van der Waals surface area (Å²) in [7, 11) is 1.62. The highest BCUT2D eigenvalue weighted by Crippen LogP contribution is 2.37. The number of hydrogen-bond donors (Lipinski definition) is 1. The summed E-state index contributed by atoms with van der Waals surface area (Å²) in [6.07, 6.45) is 6.44. The van der Waals surface area contributed by atoms with Crippen LogP contribution in [0.2, 0.25) is 0 Å². The summed E-state index contributed by atoms with van der Waals surface area (Å²) >= 11 is 0. The highest BCUT2D eigenvalue weighted by Gasteiger charge is 2.35. The number of nitrogens with one attached hydrogen (secondary N) is 1. The van der Waals surface area contributed by atoms with Crippen LogP contribution in [-0.4, -0.2) is 22.6 Å². The van der Waals surface area contributed by atoms with Gasteiger partial charge in [-0.3, -0.25) is 0 Å². The zero-order valence-electron chi connectivity index (χ0n) is 9.29. The Morgan fingerprint density at radius 3 is 2.80 bits per heavy atom. The Kier molecular flexibility index (Phi) is 2.75. The molecule has 0 amide bonds. The molecule has 1 N–H and O–H groups in total. The summed E-state index contributed by atoms with van der Waals surface area (Å²) in [4.78, 5) is 8.18. The van der Waals surface area contributed by atoms with Crippen LogP contribution in [0.1, 0.15) is 32.6 Å². The lowest BCUT2D eigenvalue weighted by Gasteiger charge is -2.42. The molecule has 1 aliphatic rings. The summed E-state index contributed by atoms with van der Waals surface area (Å²) in [5.41, 5.74) is 0.263. The van der Waals surface area contributed by atoms with E-state index in [0.717, 1.165) is 12.2 Å². The fraction of sp³-hybridized carbons (Fsp3) is 0.636. The van der Waals surface area contributed by atoms with Crippen LogP contribution in [0.25, 0.3) is 0 Å². The van der Waals surface area contributed by atoms with E-state index in [9.17, 15) is 0 Å². The molecule has 0 spiro atoms. The van der Waals surface area contributed by atoms with Gasteiger partial charge in [-0.25, -0.2) is 9.97 Å². The van der Waals surface area contributed by atoms with E-state index in [4.69, 9.17) is 4.74 Å². The number of anilines is 1. The Balaban J connectivity index is 2.09. The van der Waals surface area contributed by atoms with Gasteiger partial charge in [-0.05, 0) is 25.7 Å². The number of hydrogen-bond acceptors (Lipinski definition) is 4. The SMILES string of the molecule is CCC1(Nc2cc(OC)ncn2)CCC1. The second-order valence-electron chi connectivity index (χ2n) is 4.06. The van der Waals surface area contributed by atoms with E-state index in [1.807, 2.05) is 6.07 Å². The van der Waals surface area contributed by atoms with E-state index in [1.165, 1.54) is 25.6 Å². The molecule has 1 heterocycles. The third-order valence-electron chi connectivity index (χ3n) is 3.23. The molecule has 0 atom stereocenters. The van der Waals surface area contributed by atoms with E-state index in [2.05, 4.69) is 22.2 Å². The summed E-state index contributed by atoms with van der Waals surface area (Å²) in [5, 5.41) is 3.49. The van der Waals surface area contributed by atoms with Crippen molar-refractivity contribution in [1.82, 2.24) is 9.97 Å². The minimum absolute atomic E-state index is 0.263. The van der Waals surface area contributed by atoms with Gasteiger partial charge in [-0.15, -0.1) is 0 Å². The molecule has 1 fully saturated rings. The highest BCUT2D eigenvalue weighted by atomic mass is 16.5. The summed E-state index contributed by atoms with van der Waals surface area (Å²) in [5.74, 6) is 1.47. The minimum atomic E-state index is 0.263. The third-order valence-corrected chi connectivity index (χ3v) is 3.23. The summed E-state index contributed by atoms with van der Waals surface area (Å²) in [6, 6.07) is 1.84. The molecule has 1 aromatic heterocycles. The van der Waals surface area contributed by atoms with Gasteiger partial charge >= 0.3 is 0 Å². The van der Waals surface area contributed by atoms with Crippen LogP contribution >= 0.6 is 0 Å². The Morgan fingerprint density at radius 2 is 2.27 bits per heavy atom. The first kappa shape index (κ1) is 10.2. The van der Waals surface area contributed by atoms with E-state index in [-0.39, 0.29) is 5.54 Å². The third kappa shape index (κ3) is 2.03. The van der Waals surface area contributed by atoms with Crippen molar-refractivity contribution in [3.8, 4) is 5.88 Å². The average molecular weight is 207 g/mol. The number of ether oxygens (including phenoxy) is 1. The Hall–Kier alpha value is -1.32. The summed E-state index contributed by atoms with van der Waals surface area (Å²) in [6.45, 7) is 2.21. The molecule has 1 aliphatic carbocycles. The van der Waals surface area contributed by atoms with Crippen molar-refractivity contribution in [3.05, 3.63) is 12.4 Å². The lowest BCUT2D eigenvalue weighted by atomic mass is 9.75. The van der Waals surface area contributed by atoms with Crippen molar-refractivity contribution in [2.45, 2.75) is 38.1 Å². The fourth-order valence-electron chi connectivity index (χ4n) is 1.96. The van der Waals surface area contributed by atoms with E-state index in [1.54, 1.807) is 7.11 Å². The first-order chi connectivity index (χ1) is 7.28. The normalized spacial score (nSPS) is 18.0. The Bertz CT molecular complexity index is 331. The van der Waals surface area contributed by atoms with Crippen molar-refractivity contribution in [2.75, 3.05) is 12.4 Å². The van der Waals surface area contributed by atoms with Gasteiger partial charge in [0.1, 0.15) is 12.1 Å². The molecule has 0 bridgehead atoms. The lowest BCUT2D eigenvalue weighted by molar-refractivity contribution is 0.268. The van der Waals surface area contributed by atoms with Crippen LogP contribution in [0.15, 0.2) is 12.4 Å². The van der Waals surface area contributed by atoms with Gasteiger partial charge in [0.2, 0.25) is 5.88 Å². The molecule has 0 aliphatic heterocycles. The fourth-order valence-corrected chi connectivity index (χ4v) is 1.96. The van der Waals surface area contributed by atoms with Crippen LogP contribution < -0.4 is 10.1 Å². The van der Waals surface area contributed by atoms with Crippen molar-refractivity contribution >= 4 is 5.82 Å². The second kappa shape index (κ2) is 4.04. The molecule has 1 saturated carbocycles. The maximum atomic E-state index is 5.06. The van der Waals surface area contributed by atoms with Crippen molar-refractivity contribution < 1.29 is 4.74 Å². The van der Waals surface area contributed by atoms with Gasteiger partial charge < -0.3 is 10.1 Å². The quantitative estimate of drug-likeness (QED) is 0.822. The zero-order chi connectivity index (χ0) is 10.7. The molecule has 15 heavy (non-hydrogen) atoms. The van der Waals surface area contributed by atoms with Crippen LogP contribution in [0.4, 0.5) is 5.82 Å². The van der Waals surface area contributed by atoms with Gasteiger partial charge in [0, 0.05) is 11.6 Å². The molecule has 4 heteroatoms. The first-order valence-electron chi connectivity index (χ1n) is 5.42. The number of aromatic nitrogens is 2. The van der Waals surface area contributed by atoms with Crippen molar-refractivity contribution in [3.63, 3.8) is 0 Å². The molecular weight excluding hydrogens is 190 g/mol. The predicted octanol–water partition coefficient (Wildman–Crippen LogP) is 2.23. The Morgan fingerprint density at radius 1 is 1.47 bits per heavy atom. The molecular formula is C11H17N3O. The maximum absolute atomic E-state index is 5.06. The molecule has 4 nitrogen and oxygen atoms in total. The number of rotatable bonds is 4. The van der Waals surface area contributed by atoms with Crippen LogP contribution in [0.3, 0.4) is 0 Å². The van der Waals surface area contributed by atoms with Gasteiger partial charge in [0.25, 0.3) is 0 Å². The van der Waals surface area contributed by atoms with Crippen LogP contribution in [0, 0.1) is 0 Å². The van der Waals surface area contributed by atoms with E-state index >= 15 is 0 Å². The monoisotopic (exact) mass is 207 g/mol. The lowest BCUT2D eigenvalue weighted by Crippen LogP contribution is -2.44. The average Bonchev–Trinajstić information content (AvgIpc) is 2.24. The van der Waals surface area contributed by atoms with Gasteiger partial charge in [0.05, 0.1) is 7.11 Å². The molecule has 2 rings (SSSR count). The van der Waals surface area contributed by atoms with Gasteiger partial charge in [-0.2, -0.15) is 0 Å². The summed E-state index contributed by atoms with van der Waals surface area (Å²) < 4.78 is 5.06. The highest BCUT2D eigenvalue weighted by molar-refractivity contribution is 5.40. The standard InChI is InChI=1S/C11H17N3O/c1-3-11(5-4-6-11)14-9-7-10(15-2)13-8-12-9/h7-8H,3-6H2,1-2H3,(H,12,13,14). The number of nitrogens with zero attached hydrogens (tertiary/aromatic N) is 2. The minimum Gasteiger partial charge on any atom is -0.481 e. The smallest absolute Gasteiger partial charge is 0.218 e. The topological polar surface area (TPSA) is 47.0 Å². The molecule has 0 saturated heterocycles. The van der Waals surface area contributed by atoms with Gasteiger partial charge in [0.15, 0.2) is 0 Å². The van der Waals surface area contributed by atoms with E-state index < -0.39 is 0 Å². The van der Waals surface area contributed by atoms with Crippen LogP contribution in [-0.2, 0) is 0 Å². The predicted molar refractivity (Wildman–Crippen MR) is 59.1 cm³/mol. The Labute approximate surface area is 90.1 Å². The maximum Gasteiger partial charge on any atom is 0.218 e. The molecule has 0 aromatic carbocycles. The first-order valence-corrected chi connectivity index (χ1v) is 5.42. The largest absolute Gasteiger partial charge is 0.481 e. The second-order valence-corrected chi connectivity index (χ2v) is 4.06. The molecule has 0 radical (unpaired) electrons.